The van der Waals surface area contributed by atoms with Crippen LogP contribution >= 0.6 is 11.3 Å². The van der Waals surface area contributed by atoms with E-state index in [0.717, 1.165) is 15.0 Å². The maximum atomic E-state index is 11.6. The zero-order valence-corrected chi connectivity index (χ0v) is 11.3. The fraction of sp³-hybridized carbons (Fsp3) is 0.0714. The summed E-state index contributed by atoms with van der Waals surface area (Å²) in [5.41, 5.74) is 0.756. The quantitative estimate of drug-likeness (QED) is 0.517. The second-order valence-corrected chi connectivity index (χ2v) is 5.59. The van der Waals surface area contributed by atoms with Crippen LogP contribution in [0, 0.1) is 10.7 Å². The molecule has 1 aromatic carbocycles. The van der Waals surface area contributed by atoms with Gasteiger partial charge in [-0.25, -0.2) is 4.68 Å². The van der Waals surface area contributed by atoms with Crippen molar-refractivity contribution in [3.05, 3.63) is 72.3 Å². The minimum atomic E-state index is -0.160. The van der Waals surface area contributed by atoms with E-state index >= 15 is 0 Å². The molecule has 0 bridgehead atoms. The van der Waals surface area contributed by atoms with Gasteiger partial charge in [-0.15, -0.1) is 5.10 Å². The molecule has 1 aliphatic heterocycles. The molecule has 0 fully saturated rings. The molecule has 2 aromatic rings. The lowest BCUT2D eigenvalue weighted by molar-refractivity contribution is 0.818. The van der Waals surface area contributed by atoms with Crippen LogP contribution in [0.5, 0.6) is 0 Å². The Morgan fingerprint density at radius 2 is 1.65 bits per heavy atom. The molecule has 0 unspecified atom stereocenters. The molecule has 2 aliphatic rings. The minimum Gasteiger partial charge on any atom is -0.318 e. The van der Waals surface area contributed by atoms with Gasteiger partial charge in [0, 0.05) is 7.05 Å². The molecule has 1 aliphatic carbocycles. The Balaban J connectivity index is 2.04. The third kappa shape index (κ3) is 1.45. The van der Waals surface area contributed by atoms with Gasteiger partial charge in [0.2, 0.25) is 15.7 Å². The second kappa shape index (κ2) is 3.77. The molecular weight excluding hydrogens is 274 g/mol. The van der Waals surface area contributed by atoms with Gasteiger partial charge in [0.15, 0.2) is 0 Å². The van der Waals surface area contributed by atoms with Gasteiger partial charge in [-0.2, -0.15) is 0 Å². The summed E-state index contributed by atoms with van der Waals surface area (Å²) in [6.07, 6.45) is 0. The van der Waals surface area contributed by atoms with Gasteiger partial charge < -0.3 is 4.57 Å². The van der Waals surface area contributed by atoms with Gasteiger partial charge in [0.25, 0.3) is 0 Å². The standard InChI is InChI=1S/C14H9N3O2S/c1-16-8-4-2-3-5-11(8)20-14(16)15-17-12-9(18)6-7-10(19)13(12)17/h2-7H,1H3. The van der Waals surface area contributed by atoms with Gasteiger partial charge in [0.1, 0.15) is 10.7 Å². The lowest BCUT2D eigenvalue weighted by Crippen LogP contribution is -2.11. The molecule has 0 amide bonds. The van der Waals surface area contributed by atoms with E-state index in [0.29, 0.717) is 10.7 Å². The number of hydrogen-bond acceptors (Lipinski definition) is 4. The largest absolute Gasteiger partial charge is 0.318 e. The van der Waals surface area contributed by atoms with Gasteiger partial charge in [-0.3, -0.25) is 9.59 Å². The van der Waals surface area contributed by atoms with Gasteiger partial charge in [-0.1, -0.05) is 23.5 Å². The molecule has 20 heavy (non-hydrogen) atoms. The molecular formula is C14H9N3O2S. The Morgan fingerprint density at radius 1 is 1.00 bits per heavy atom. The Hall–Kier alpha value is -2.47. The van der Waals surface area contributed by atoms with Crippen molar-refractivity contribution in [2.24, 2.45) is 12.1 Å². The monoisotopic (exact) mass is 283 g/mol. The van der Waals surface area contributed by atoms with Crippen LogP contribution in [0.2, 0.25) is 0 Å². The summed E-state index contributed by atoms with van der Waals surface area (Å²) in [6, 6.07) is 10.6. The van der Waals surface area contributed by atoms with Crippen LogP contribution in [0.15, 0.2) is 51.1 Å². The smallest absolute Gasteiger partial charge is 0.209 e. The molecule has 5 nitrogen and oxygen atoms in total. The van der Waals surface area contributed by atoms with Crippen molar-refractivity contribution < 1.29 is 0 Å². The van der Waals surface area contributed by atoms with Gasteiger partial charge in [-0.05, 0) is 24.3 Å². The first-order valence-corrected chi connectivity index (χ1v) is 6.89. The van der Waals surface area contributed by atoms with Crippen LogP contribution in [0.25, 0.3) is 10.2 Å². The molecule has 6 heteroatoms. The molecule has 2 heterocycles. The third-order valence-corrected chi connectivity index (χ3v) is 4.45. The highest BCUT2D eigenvalue weighted by Crippen LogP contribution is 2.15. The molecule has 0 spiro atoms. The summed E-state index contributed by atoms with van der Waals surface area (Å²) in [6.45, 7) is 0. The topological polar surface area (TPSA) is 56.4 Å². The number of fused-ring (bicyclic) bond motifs is 1. The normalized spacial score (nSPS) is 12.9. The molecule has 0 N–H and O–H groups in total. The van der Waals surface area contributed by atoms with E-state index in [2.05, 4.69) is 5.10 Å². The second-order valence-electron chi connectivity index (χ2n) is 4.58. The van der Waals surface area contributed by atoms with E-state index in [9.17, 15) is 9.59 Å². The van der Waals surface area contributed by atoms with Crippen LogP contribution in [-0.4, -0.2) is 9.24 Å². The van der Waals surface area contributed by atoms with E-state index in [1.54, 1.807) is 0 Å². The molecule has 0 radical (unpaired) electrons. The van der Waals surface area contributed by atoms with Crippen LogP contribution < -0.4 is 15.7 Å². The van der Waals surface area contributed by atoms with E-state index in [4.69, 9.17) is 0 Å². The predicted molar refractivity (Wildman–Crippen MR) is 76.4 cm³/mol. The lowest BCUT2D eigenvalue weighted by Gasteiger charge is -1.92. The van der Waals surface area contributed by atoms with Crippen molar-refractivity contribution in [2.45, 2.75) is 0 Å². The number of rotatable bonds is 1. The van der Waals surface area contributed by atoms with Crippen LogP contribution in [0.1, 0.15) is 0 Å². The highest BCUT2D eigenvalue weighted by molar-refractivity contribution is 7.16. The van der Waals surface area contributed by atoms with Crippen LogP contribution in [0.3, 0.4) is 0 Å². The summed E-state index contributed by atoms with van der Waals surface area (Å²) >= 11 is 1.53. The van der Waals surface area contributed by atoms with Crippen molar-refractivity contribution in [3.8, 4) is 0 Å². The molecule has 4 rings (SSSR count). The van der Waals surface area contributed by atoms with E-state index in [1.807, 2.05) is 35.9 Å². The van der Waals surface area contributed by atoms with Gasteiger partial charge >= 0.3 is 0 Å². The van der Waals surface area contributed by atoms with Crippen molar-refractivity contribution >= 4 is 21.6 Å². The highest BCUT2D eigenvalue weighted by atomic mass is 32.1. The first kappa shape index (κ1) is 11.4. The van der Waals surface area contributed by atoms with Crippen LogP contribution in [-0.2, 0) is 7.05 Å². The van der Waals surface area contributed by atoms with E-state index in [1.165, 1.54) is 28.1 Å². The number of para-hydroxylation sites is 1. The Morgan fingerprint density at radius 3 is 2.30 bits per heavy atom. The number of aromatic nitrogens is 2. The summed E-state index contributed by atoms with van der Waals surface area (Å²) in [4.78, 5) is 24.0. The first-order valence-electron chi connectivity index (χ1n) is 6.07. The fourth-order valence-electron chi connectivity index (χ4n) is 2.27. The average Bonchev–Trinajstić information content (AvgIpc) is 3.09. The van der Waals surface area contributed by atoms with Crippen molar-refractivity contribution in [1.82, 2.24) is 9.24 Å². The molecule has 0 atom stereocenters. The summed E-state index contributed by atoms with van der Waals surface area (Å²) in [5, 5.41) is 5.21. The number of hydrogen-bond donors (Lipinski definition) is 0. The number of aryl methyl sites for hydroxylation is 1. The zero-order valence-electron chi connectivity index (χ0n) is 10.5. The highest BCUT2D eigenvalue weighted by Gasteiger charge is 2.15. The van der Waals surface area contributed by atoms with Crippen LogP contribution in [0.4, 0.5) is 0 Å². The maximum absolute atomic E-state index is 11.6. The van der Waals surface area contributed by atoms with Crippen molar-refractivity contribution in [1.29, 1.82) is 0 Å². The molecule has 0 saturated heterocycles. The average molecular weight is 283 g/mol. The van der Waals surface area contributed by atoms with Crippen molar-refractivity contribution in [3.63, 3.8) is 0 Å². The Bertz CT molecular complexity index is 1110. The number of benzene rings is 1. The lowest BCUT2D eigenvalue weighted by atomic mass is 10.3. The van der Waals surface area contributed by atoms with E-state index < -0.39 is 0 Å². The maximum Gasteiger partial charge on any atom is 0.209 e. The summed E-state index contributed by atoms with van der Waals surface area (Å²) in [5.74, 6) is 0. The summed E-state index contributed by atoms with van der Waals surface area (Å²) < 4.78 is 4.51. The first-order chi connectivity index (χ1) is 9.66. The molecule has 0 saturated carbocycles. The Labute approximate surface area is 116 Å². The van der Waals surface area contributed by atoms with Gasteiger partial charge in [0.05, 0.1) is 10.2 Å². The predicted octanol–water partition coefficient (Wildman–Crippen LogP) is 0.726. The SMILES string of the molecule is Cn1c(=Nn2c3c(=O)ccc(=O)c2=3)sc2ccccc21. The Kier molecular flexibility index (Phi) is 2.14. The zero-order chi connectivity index (χ0) is 13.9. The van der Waals surface area contributed by atoms with Crippen molar-refractivity contribution in [2.75, 3.05) is 0 Å². The fourth-order valence-corrected chi connectivity index (χ4v) is 3.28. The number of nitrogens with zero attached hydrogens (tertiary/aromatic N) is 3. The minimum absolute atomic E-state index is 0.160. The number of thiazole rings is 1. The third-order valence-electron chi connectivity index (χ3n) is 3.35. The summed E-state index contributed by atoms with van der Waals surface area (Å²) in [7, 11) is 1.92. The molecule has 98 valence electrons. The molecule has 1 aromatic heterocycles. The van der Waals surface area contributed by atoms with E-state index in [-0.39, 0.29) is 10.9 Å².